The lowest BCUT2D eigenvalue weighted by Gasteiger charge is -2.36. The largest absolute Gasteiger partial charge is 0.483 e. The van der Waals surface area contributed by atoms with Crippen molar-refractivity contribution in [3.05, 3.63) is 35.5 Å². The first kappa shape index (κ1) is 40.2. The summed E-state index contributed by atoms with van der Waals surface area (Å²) in [6.07, 6.45) is 3.61. The number of nitrogens with one attached hydrogen (secondary N) is 2. The van der Waals surface area contributed by atoms with E-state index in [9.17, 15) is 28.8 Å². The van der Waals surface area contributed by atoms with E-state index >= 15 is 0 Å². The smallest absolute Gasteiger partial charge is 0.409 e. The van der Waals surface area contributed by atoms with Crippen LogP contribution >= 0.6 is 0 Å². The van der Waals surface area contributed by atoms with Gasteiger partial charge in [-0.05, 0) is 77.0 Å². The molecule has 0 radical (unpaired) electrons. The maximum atomic E-state index is 13.9. The Balaban J connectivity index is 1.30. The number of aromatic nitrogens is 1. The zero-order valence-corrected chi connectivity index (χ0v) is 31.4. The molecule has 2 unspecified atom stereocenters. The molecular formula is C38H52N6O10. The molecule has 2 aromatic rings. The molecule has 54 heavy (non-hydrogen) atoms. The number of pyridine rings is 1. The zero-order valence-electron chi connectivity index (χ0n) is 31.4. The van der Waals surface area contributed by atoms with Crippen molar-refractivity contribution in [2.24, 2.45) is 0 Å². The quantitative estimate of drug-likeness (QED) is 0.189. The van der Waals surface area contributed by atoms with Crippen LogP contribution in [0.25, 0.3) is 10.9 Å². The van der Waals surface area contributed by atoms with E-state index in [2.05, 4.69) is 15.6 Å². The summed E-state index contributed by atoms with van der Waals surface area (Å²) < 4.78 is 21.6. The fourth-order valence-corrected chi connectivity index (χ4v) is 6.68. The highest BCUT2D eigenvalue weighted by atomic mass is 16.6. The summed E-state index contributed by atoms with van der Waals surface area (Å²) in [5.74, 6) is -1.90. The van der Waals surface area contributed by atoms with E-state index in [1.165, 1.54) is 15.9 Å². The number of nitrogens with zero attached hydrogens (tertiary/aromatic N) is 4. The van der Waals surface area contributed by atoms with Crippen molar-refractivity contribution in [2.45, 2.75) is 83.8 Å². The molecule has 3 fully saturated rings. The molecule has 3 aliphatic rings. The highest BCUT2D eigenvalue weighted by molar-refractivity contribution is 5.99. The number of carbonyl (C=O) groups is 6. The molecule has 5 rings (SSSR count). The van der Waals surface area contributed by atoms with Gasteiger partial charge in [0.05, 0.1) is 18.7 Å². The Labute approximate surface area is 315 Å². The highest BCUT2D eigenvalue weighted by Crippen LogP contribution is 2.28. The zero-order chi connectivity index (χ0) is 38.6. The lowest BCUT2D eigenvalue weighted by molar-refractivity contribution is -0.145. The molecule has 1 aliphatic carbocycles. The number of benzene rings is 1. The summed E-state index contributed by atoms with van der Waals surface area (Å²) in [6, 6.07) is 5.36. The second kappa shape index (κ2) is 19.4. The molecule has 0 bridgehead atoms. The van der Waals surface area contributed by atoms with Crippen molar-refractivity contribution in [1.29, 1.82) is 0 Å². The maximum absolute atomic E-state index is 13.9. The van der Waals surface area contributed by atoms with Crippen LogP contribution in [-0.4, -0.2) is 139 Å². The van der Waals surface area contributed by atoms with Crippen LogP contribution in [-0.2, 0) is 33.4 Å². The third-order valence-corrected chi connectivity index (χ3v) is 9.89. The van der Waals surface area contributed by atoms with Crippen LogP contribution in [0, 0.1) is 6.92 Å². The van der Waals surface area contributed by atoms with Gasteiger partial charge in [-0.2, -0.15) is 0 Å². The van der Waals surface area contributed by atoms with Crippen molar-refractivity contribution in [3.8, 4) is 5.75 Å². The number of fused-ring (bicyclic) bond motifs is 1. The Morgan fingerprint density at radius 1 is 0.889 bits per heavy atom. The Bertz CT molecular complexity index is 1680. The minimum absolute atomic E-state index is 0.0496. The van der Waals surface area contributed by atoms with Gasteiger partial charge in [-0.25, -0.2) is 9.78 Å². The predicted molar refractivity (Wildman–Crippen MR) is 196 cm³/mol. The van der Waals surface area contributed by atoms with Crippen molar-refractivity contribution < 1.29 is 47.7 Å². The van der Waals surface area contributed by atoms with E-state index in [1.807, 2.05) is 19.9 Å². The minimum Gasteiger partial charge on any atom is -0.483 e. The van der Waals surface area contributed by atoms with Gasteiger partial charge in [0, 0.05) is 63.2 Å². The van der Waals surface area contributed by atoms with Gasteiger partial charge in [-0.1, -0.05) is 6.07 Å². The molecule has 294 valence electrons. The van der Waals surface area contributed by atoms with Crippen LogP contribution in [0.15, 0.2) is 24.3 Å². The summed E-state index contributed by atoms with van der Waals surface area (Å²) in [7, 11) is 0. The van der Waals surface area contributed by atoms with Gasteiger partial charge in [0.2, 0.25) is 11.8 Å². The highest BCUT2D eigenvalue weighted by Gasteiger charge is 2.36. The van der Waals surface area contributed by atoms with Gasteiger partial charge in [-0.15, -0.1) is 0 Å². The average molecular weight is 753 g/mol. The third-order valence-electron chi connectivity index (χ3n) is 9.89. The summed E-state index contributed by atoms with van der Waals surface area (Å²) in [5.41, 5.74) is 1.27. The summed E-state index contributed by atoms with van der Waals surface area (Å²) in [5, 5.41) is 6.39. The fourth-order valence-electron chi connectivity index (χ4n) is 6.68. The normalized spacial score (nSPS) is 17.8. The predicted octanol–water partition coefficient (Wildman–Crippen LogP) is 2.34. The number of ether oxygens (including phenoxy) is 4. The molecule has 5 amide bonds. The van der Waals surface area contributed by atoms with E-state index < -0.39 is 36.0 Å². The van der Waals surface area contributed by atoms with Crippen LogP contribution in [0.3, 0.4) is 0 Å². The van der Waals surface area contributed by atoms with Crippen LogP contribution in [0.4, 0.5) is 4.79 Å². The fraction of sp³-hybridized carbons (Fsp3) is 0.605. The lowest BCUT2D eigenvalue weighted by atomic mass is 9.93. The van der Waals surface area contributed by atoms with Crippen molar-refractivity contribution in [1.82, 2.24) is 30.3 Å². The summed E-state index contributed by atoms with van der Waals surface area (Å²) in [4.78, 5) is 88.0. The van der Waals surface area contributed by atoms with E-state index in [4.69, 9.17) is 18.9 Å². The molecule has 1 aromatic carbocycles. The monoisotopic (exact) mass is 752 g/mol. The van der Waals surface area contributed by atoms with Gasteiger partial charge in [0.1, 0.15) is 30.1 Å². The van der Waals surface area contributed by atoms with Crippen LogP contribution < -0.4 is 15.4 Å². The minimum atomic E-state index is -1.12. The van der Waals surface area contributed by atoms with Gasteiger partial charge in [0.15, 0.2) is 6.61 Å². The van der Waals surface area contributed by atoms with Crippen molar-refractivity contribution in [3.63, 3.8) is 0 Å². The standard InChI is InChI=1S/C38H52N6O10/c1-4-51-20-21-53-34(46)14-13-28(37(49)42-16-18-43(19-17-42)38(50)52-5-2)41-35(47)30-23-32(27-12-11-25(3)22-29(27)40-30)54-24-33(45)44-15-7-10-31(44)36(48)39-26-8-6-9-26/h11-12,22-23,26,28,31H,4-10,13-21,24H2,1-3H3,(H,39,48)(H,41,47). The number of piperazine rings is 1. The number of aryl methyl sites for hydroxylation is 1. The number of hydrogen-bond donors (Lipinski definition) is 2. The molecule has 2 saturated heterocycles. The van der Waals surface area contributed by atoms with Gasteiger partial charge < -0.3 is 44.3 Å². The molecule has 2 aliphatic heterocycles. The topological polar surface area (TPSA) is 186 Å². The number of hydrogen-bond acceptors (Lipinski definition) is 11. The molecule has 16 nitrogen and oxygen atoms in total. The SMILES string of the molecule is CCOCCOC(=O)CCC(NC(=O)c1cc(OCC(=O)N2CCCC2C(=O)NC2CCC2)c2ccc(C)cc2n1)C(=O)N1CCN(C(=O)OCC)CC1. The number of carbonyl (C=O) groups excluding carboxylic acids is 6. The summed E-state index contributed by atoms with van der Waals surface area (Å²) >= 11 is 0. The van der Waals surface area contributed by atoms with E-state index in [-0.39, 0.29) is 94.7 Å². The summed E-state index contributed by atoms with van der Waals surface area (Å²) in [6.45, 7) is 7.45. The number of esters is 1. The first-order chi connectivity index (χ1) is 26.1. The molecule has 1 aromatic heterocycles. The van der Waals surface area contributed by atoms with E-state index in [0.29, 0.717) is 36.9 Å². The first-order valence-corrected chi connectivity index (χ1v) is 19.0. The Kier molecular flexibility index (Phi) is 14.4. The average Bonchev–Trinajstić information content (AvgIpc) is 3.65. The van der Waals surface area contributed by atoms with Gasteiger partial charge in [0.25, 0.3) is 11.8 Å². The van der Waals surface area contributed by atoms with Gasteiger partial charge in [-0.3, -0.25) is 24.0 Å². The van der Waals surface area contributed by atoms with Crippen molar-refractivity contribution >= 4 is 46.6 Å². The first-order valence-electron chi connectivity index (χ1n) is 19.0. The van der Waals surface area contributed by atoms with E-state index in [1.54, 1.807) is 24.0 Å². The number of likely N-dealkylation sites (tertiary alicyclic amines) is 1. The molecule has 0 spiro atoms. The molecule has 2 N–H and O–H groups in total. The Morgan fingerprint density at radius 2 is 1.65 bits per heavy atom. The van der Waals surface area contributed by atoms with Crippen LogP contribution in [0.1, 0.15) is 74.8 Å². The van der Waals surface area contributed by atoms with Crippen LogP contribution in [0.2, 0.25) is 0 Å². The molecule has 2 atom stereocenters. The molecule has 3 heterocycles. The maximum Gasteiger partial charge on any atom is 0.409 e. The number of amides is 5. The molecule has 16 heteroatoms. The Hall–Kier alpha value is -4.99. The van der Waals surface area contributed by atoms with E-state index in [0.717, 1.165) is 24.8 Å². The number of rotatable bonds is 16. The van der Waals surface area contributed by atoms with Gasteiger partial charge >= 0.3 is 12.1 Å². The van der Waals surface area contributed by atoms with Crippen LogP contribution in [0.5, 0.6) is 5.75 Å². The molecule has 1 saturated carbocycles. The third kappa shape index (κ3) is 10.6. The second-order valence-electron chi connectivity index (χ2n) is 13.7. The lowest BCUT2D eigenvalue weighted by Crippen LogP contribution is -2.56. The van der Waals surface area contributed by atoms with Crippen molar-refractivity contribution in [2.75, 3.05) is 65.8 Å². The second-order valence-corrected chi connectivity index (χ2v) is 13.7. The molecular weight excluding hydrogens is 700 g/mol. The Morgan fingerprint density at radius 3 is 2.35 bits per heavy atom.